The second-order valence-electron chi connectivity index (χ2n) is 11.6. The molecule has 2 aliphatic heterocycles. The zero-order chi connectivity index (χ0) is 31.4. The van der Waals surface area contributed by atoms with Crippen molar-refractivity contribution in [1.29, 1.82) is 0 Å². The first-order valence-corrected chi connectivity index (χ1v) is 14.4. The summed E-state index contributed by atoms with van der Waals surface area (Å²) in [7, 11) is 3.52. The number of methoxy groups -OCH3 is 1. The number of carbonyl (C=O) groups excluding carboxylic acids is 3. The van der Waals surface area contributed by atoms with Crippen molar-refractivity contribution in [2.45, 2.75) is 68.0 Å². The van der Waals surface area contributed by atoms with Crippen LogP contribution in [-0.4, -0.2) is 83.5 Å². The molecule has 2 heterocycles. The van der Waals surface area contributed by atoms with Gasteiger partial charge in [0.25, 0.3) is 0 Å². The zero-order valence-corrected chi connectivity index (χ0v) is 24.5. The second-order valence-corrected chi connectivity index (χ2v) is 11.6. The summed E-state index contributed by atoms with van der Waals surface area (Å²) in [6.07, 6.45) is -2.09. The van der Waals surface area contributed by atoms with Gasteiger partial charge in [-0.05, 0) is 44.1 Å². The van der Waals surface area contributed by atoms with Crippen LogP contribution in [-0.2, 0) is 45.2 Å². The summed E-state index contributed by atoms with van der Waals surface area (Å²) in [4.78, 5) is 52.2. The number of hydrogen-bond acceptors (Lipinski definition) is 11. The number of hydrogen-bond donors (Lipinski definition) is 2. The van der Waals surface area contributed by atoms with Crippen molar-refractivity contribution >= 4 is 23.9 Å². The van der Waals surface area contributed by atoms with E-state index in [1.165, 1.54) is 19.2 Å². The number of aliphatic hydroxyl groups is 1. The highest BCUT2D eigenvalue weighted by atomic mass is 16.6. The number of carboxylic acids is 1. The third-order valence-corrected chi connectivity index (χ3v) is 9.27. The van der Waals surface area contributed by atoms with Gasteiger partial charge in [-0.2, -0.15) is 0 Å². The molecule has 12 heteroatoms. The molecule has 0 saturated carbocycles. The van der Waals surface area contributed by atoms with Crippen molar-refractivity contribution in [2.75, 3.05) is 20.7 Å². The van der Waals surface area contributed by atoms with Crippen LogP contribution in [0.2, 0.25) is 0 Å². The first-order valence-electron chi connectivity index (χ1n) is 14.4. The average Bonchev–Trinajstić information content (AvgIpc) is 3.35. The molecule has 12 nitrogen and oxygen atoms in total. The van der Waals surface area contributed by atoms with Gasteiger partial charge in [0.05, 0.1) is 24.5 Å². The van der Waals surface area contributed by atoms with Gasteiger partial charge in [0.1, 0.15) is 5.76 Å². The molecule has 0 aromatic heterocycles. The van der Waals surface area contributed by atoms with Crippen LogP contribution in [0.5, 0.6) is 11.5 Å². The van der Waals surface area contributed by atoms with Gasteiger partial charge in [-0.3, -0.25) is 9.59 Å². The van der Waals surface area contributed by atoms with Crippen LogP contribution >= 0.6 is 0 Å². The standard InChI is InChI=1S/C32H33NO11/c1-17(34)41-22(30(38)44-26(29(36)37)18-7-5-4-6-8-18)16-24(35)42-21-11-12-32(39)23-15-19-9-10-20(40-3)27-25(19)31(32,28(21)43-27)13-14-33(23)2/h4-11,22-23,26,28,39H,12-16H2,1-3H3,(H,36,37)/t22-,23-,26-,28+,31+,32-/m0/s1. The maximum absolute atomic E-state index is 13.3. The molecule has 2 bridgehead atoms. The Morgan fingerprint density at radius 3 is 2.55 bits per heavy atom. The van der Waals surface area contributed by atoms with Crippen LogP contribution in [0, 0.1) is 0 Å². The van der Waals surface area contributed by atoms with Gasteiger partial charge in [0.15, 0.2) is 17.6 Å². The number of nitrogens with zero attached hydrogens (tertiary/aromatic N) is 1. The molecule has 6 rings (SSSR count). The first-order chi connectivity index (χ1) is 21.0. The van der Waals surface area contributed by atoms with Crippen molar-refractivity contribution in [3.8, 4) is 11.5 Å². The van der Waals surface area contributed by atoms with E-state index in [9.17, 15) is 29.4 Å². The minimum atomic E-state index is -1.76. The van der Waals surface area contributed by atoms with E-state index in [-0.39, 0.29) is 23.8 Å². The highest BCUT2D eigenvalue weighted by molar-refractivity contribution is 5.87. The van der Waals surface area contributed by atoms with Crippen LogP contribution in [0.1, 0.15) is 49.0 Å². The molecule has 44 heavy (non-hydrogen) atoms. The number of benzene rings is 2. The molecule has 0 unspecified atom stereocenters. The normalized spacial score (nSPS) is 27.5. The Kier molecular flexibility index (Phi) is 7.37. The molecule has 6 atom stereocenters. The minimum absolute atomic E-state index is 0.164. The maximum atomic E-state index is 13.3. The van der Waals surface area contributed by atoms with E-state index < -0.39 is 59.6 Å². The van der Waals surface area contributed by atoms with E-state index in [1.54, 1.807) is 24.3 Å². The Balaban J connectivity index is 1.26. The quantitative estimate of drug-likeness (QED) is 0.317. The van der Waals surface area contributed by atoms with Crippen molar-refractivity contribution < 1.29 is 53.1 Å². The molecule has 0 amide bonds. The number of rotatable bonds is 9. The van der Waals surface area contributed by atoms with Crippen molar-refractivity contribution in [3.63, 3.8) is 0 Å². The summed E-state index contributed by atoms with van der Waals surface area (Å²) in [5.74, 6) is -3.30. The average molecular weight is 608 g/mol. The van der Waals surface area contributed by atoms with E-state index in [0.717, 1.165) is 18.1 Å². The summed E-state index contributed by atoms with van der Waals surface area (Å²) in [6, 6.07) is 11.4. The molecule has 1 saturated heterocycles. The summed E-state index contributed by atoms with van der Waals surface area (Å²) < 4.78 is 28.1. The zero-order valence-electron chi connectivity index (χ0n) is 24.5. The van der Waals surface area contributed by atoms with Gasteiger partial charge in [-0.1, -0.05) is 36.4 Å². The fraction of sp³-hybridized carbons (Fsp3) is 0.438. The molecular formula is C32H33NO11. The van der Waals surface area contributed by atoms with Crippen molar-refractivity contribution in [2.24, 2.45) is 0 Å². The summed E-state index contributed by atoms with van der Waals surface area (Å²) in [6.45, 7) is 1.73. The molecule has 4 aliphatic rings. The molecule has 2 aromatic rings. The third kappa shape index (κ3) is 4.51. The molecule has 0 radical (unpaired) electrons. The summed E-state index contributed by atoms with van der Waals surface area (Å²) in [5.41, 5.74) is -0.0461. The van der Waals surface area contributed by atoms with Crippen molar-refractivity contribution in [1.82, 2.24) is 4.90 Å². The fourth-order valence-corrected chi connectivity index (χ4v) is 7.37. The van der Waals surface area contributed by atoms with E-state index >= 15 is 0 Å². The Labute approximate surface area is 253 Å². The van der Waals surface area contributed by atoms with Crippen molar-refractivity contribution in [3.05, 3.63) is 71.0 Å². The minimum Gasteiger partial charge on any atom is -0.493 e. The Bertz CT molecular complexity index is 1550. The SMILES string of the molecule is COc1ccc2c3c1O[C@@H]1C(OC(=O)C[C@H](OC(C)=O)C(=O)O[C@H](C(=O)O)c4ccccc4)=CC[C@]4(O)[C@H](C2)N(C)CC[C@@]314. The summed E-state index contributed by atoms with van der Waals surface area (Å²) in [5, 5.41) is 22.0. The molecule has 2 N–H and O–H groups in total. The number of esters is 3. The lowest BCUT2D eigenvalue weighted by Crippen LogP contribution is -2.74. The number of ether oxygens (including phenoxy) is 5. The Morgan fingerprint density at radius 2 is 1.86 bits per heavy atom. The number of likely N-dealkylation sites (N-methyl/N-ethyl adjacent to an activating group) is 1. The van der Waals surface area contributed by atoms with Gasteiger partial charge in [0.2, 0.25) is 12.2 Å². The lowest BCUT2D eigenvalue weighted by atomic mass is 9.50. The highest BCUT2D eigenvalue weighted by Crippen LogP contribution is 2.65. The fourth-order valence-electron chi connectivity index (χ4n) is 7.37. The predicted octanol–water partition coefficient (Wildman–Crippen LogP) is 2.21. The van der Waals surface area contributed by atoms with Gasteiger partial charge in [-0.15, -0.1) is 0 Å². The number of piperidine rings is 1. The first kappa shape index (κ1) is 29.6. The van der Waals surface area contributed by atoms with Gasteiger partial charge in [-0.25, -0.2) is 9.59 Å². The number of aliphatic carboxylic acids is 1. The van der Waals surface area contributed by atoms with Crippen LogP contribution in [0.3, 0.4) is 0 Å². The van der Waals surface area contributed by atoms with Crippen LogP contribution in [0.4, 0.5) is 0 Å². The molecule has 232 valence electrons. The highest BCUT2D eigenvalue weighted by Gasteiger charge is 2.72. The lowest BCUT2D eigenvalue weighted by molar-refractivity contribution is -0.180. The van der Waals surface area contributed by atoms with Gasteiger partial charge in [0, 0.05) is 30.5 Å². The molecular weight excluding hydrogens is 574 g/mol. The van der Waals surface area contributed by atoms with Crippen LogP contribution < -0.4 is 9.47 Å². The maximum Gasteiger partial charge on any atom is 0.349 e. The molecule has 2 aromatic carbocycles. The van der Waals surface area contributed by atoms with E-state index in [4.69, 9.17) is 23.7 Å². The third-order valence-electron chi connectivity index (χ3n) is 9.27. The van der Waals surface area contributed by atoms with Gasteiger partial charge < -0.3 is 38.8 Å². The lowest BCUT2D eigenvalue weighted by Gasteiger charge is -2.61. The van der Waals surface area contributed by atoms with E-state index in [2.05, 4.69) is 4.90 Å². The largest absolute Gasteiger partial charge is 0.493 e. The van der Waals surface area contributed by atoms with Crippen LogP contribution in [0.15, 0.2) is 54.3 Å². The number of carbonyl (C=O) groups is 4. The molecule has 1 spiro atoms. The Hall–Kier alpha value is -4.42. The summed E-state index contributed by atoms with van der Waals surface area (Å²) >= 11 is 0. The predicted molar refractivity (Wildman–Crippen MR) is 151 cm³/mol. The van der Waals surface area contributed by atoms with E-state index in [0.29, 0.717) is 30.9 Å². The molecule has 1 fully saturated rings. The Morgan fingerprint density at radius 1 is 1.11 bits per heavy atom. The van der Waals surface area contributed by atoms with Crippen LogP contribution in [0.25, 0.3) is 0 Å². The number of carboxylic acid groups (broad SMARTS) is 1. The smallest absolute Gasteiger partial charge is 0.349 e. The second kappa shape index (κ2) is 10.9. The monoisotopic (exact) mass is 607 g/mol. The van der Waals surface area contributed by atoms with Gasteiger partial charge >= 0.3 is 23.9 Å². The number of likely N-dealkylation sites (tertiary alicyclic amines) is 1. The van der Waals surface area contributed by atoms with E-state index in [1.807, 2.05) is 19.2 Å². The molecule has 2 aliphatic carbocycles. The topological polar surface area (TPSA) is 158 Å².